The first kappa shape index (κ1) is 19.8. The maximum absolute atomic E-state index is 4.55. The monoisotopic (exact) mass is 494 g/mol. The largest absolute Gasteiger partial charge is 0.210 e. The summed E-state index contributed by atoms with van der Waals surface area (Å²) in [6.45, 7) is 0. The summed E-state index contributed by atoms with van der Waals surface area (Å²) in [7, 11) is 0. The molecule has 0 saturated carbocycles. The van der Waals surface area contributed by atoms with Crippen molar-refractivity contribution in [3.05, 3.63) is 114 Å². The van der Waals surface area contributed by atoms with Crippen LogP contribution in [0.5, 0.6) is 0 Å². The lowest BCUT2D eigenvalue weighted by Crippen LogP contribution is -2.40. The highest BCUT2D eigenvalue weighted by atomic mass is 127. The van der Waals surface area contributed by atoms with E-state index in [2.05, 4.69) is 111 Å². The molecule has 4 aromatic rings. The Morgan fingerprint density at radius 2 is 1.17 bits per heavy atom. The summed E-state index contributed by atoms with van der Waals surface area (Å²) in [5.74, 6) is 0.909. The number of unbranched alkanes of at least 4 members (excludes halogenated alkanes) is 1. The zero-order valence-corrected chi connectivity index (χ0v) is 18.3. The molecule has 146 valence electrons. The van der Waals surface area contributed by atoms with Crippen molar-refractivity contribution in [2.45, 2.75) is 24.8 Å². The van der Waals surface area contributed by atoms with Gasteiger partial charge >= 0.3 is 0 Å². The number of nitrogens with zero attached hydrogens (tertiary/aromatic N) is 4. The number of rotatable bonds is 8. The maximum Gasteiger partial charge on any atom is 0.153 e. The minimum absolute atomic E-state index is 0.632. The molecule has 0 unspecified atom stereocenters. The number of benzene rings is 3. The summed E-state index contributed by atoms with van der Waals surface area (Å²) in [5.41, 5.74) is 2.78. The summed E-state index contributed by atoms with van der Waals surface area (Å²) >= 11 is 2.42. The Kier molecular flexibility index (Phi) is 6.34. The molecule has 0 radical (unpaired) electrons. The predicted octanol–water partition coefficient (Wildman–Crippen LogP) is 5.27. The second kappa shape index (κ2) is 9.31. The van der Waals surface area contributed by atoms with E-state index in [0.29, 0.717) is 0 Å². The molecule has 0 aliphatic heterocycles. The molecule has 3 aromatic carbocycles. The zero-order valence-electron chi connectivity index (χ0n) is 16.2. The molecule has 4 rings (SSSR count). The van der Waals surface area contributed by atoms with Crippen molar-refractivity contribution >= 4 is 22.6 Å². The third-order valence-electron chi connectivity index (χ3n) is 5.21. The van der Waals surface area contributed by atoms with Gasteiger partial charge in [0.1, 0.15) is 5.54 Å². The van der Waals surface area contributed by atoms with E-state index in [4.69, 9.17) is 0 Å². The van der Waals surface area contributed by atoms with Gasteiger partial charge in [0.05, 0.1) is 0 Å². The van der Waals surface area contributed by atoms with Crippen LogP contribution in [0, 0.1) is 0 Å². The van der Waals surface area contributed by atoms with Crippen LogP contribution in [0.15, 0.2) is 91.0 Å². The topological polar surface area (TPSA) is 43.6 Å². The van der Waals surface area contributed by atoms with Crippen LogP contribution < -0.4 is 0 Å². The van der Waals surface area contributed by atoms with Gasteiger partial charge in [-0.3, -0.25) is 0 Å². The van der Waals surface area contributed by atoms with Crippen LogP contribution in [0.1, 0.15) is 35.4 Å². The molecule has 0 atom stereocenters. The Morgan fingerprint density at radius 1 is 0.690 bits per heavy atom. The second-order valence-corrected chi connectivity index (χ2v) is 8.04. The number of tetrazole rings is 1. The number of hydrogen-bond donors (Lipinski definition) is 0. The molecule has 0 fully saturated rings. The molecule has 5 heteroatoms. The van der Waals surface area contributed by atoms with Gasteiger partial charge in [-0.1, -0.05) is 114 Å². The standard InChI is InChI=1S/C24H23IN4/c25-19-11-10-18-23-26-27-28-29(23)24(20-12-4-1-5-13-20,21-14-6-2-7-15-21)22-16-8-3-9-17-22/h1-9,12-17H,10-11,18-19H2. The molecule has 0 aliphatic rings. The van der Waals surface area contributed by atoms with E-state index in [1.807, 2.05) is 22.9 Å². The van der Waals surface area contributed by atoms with Crippen molar-refractivity contribution in [3.8, 4) is 0 Å². The number of hydrogen-bond acceptors (Lipinski definition) is 3. The minimum atomic E-state index is -0.632. The average molecular weight is 494 g/mol. The van der Waals surface area contributed by atoms with Gasteiger partial charge in [-0.25, -0.2) is 4.68 Å². The summed E-state index contributed by atoms with van der Waals surface area (Å²) < 4.78 is 3.17. The third-order valence-corrected chi connectivity index (χ3v) is 5.97. The van der Waals surface area contributed by atoms with E-state index < -0.39 is 5.54 Å². The summed E-state index contributed by atoms with van der Waals surface area (Å²) in [6.07, 6.45) is 3.07. The van der Waals surface area contributed by atoms with Gasteiger partial charge in [0.2, 0.25) is 0 Å². The first-order chi connectivity index (χ1) is 14.4. The normalized spacial score (nSPS) is 11.5. The Labute approximate surface area is 185 Å². The fraction of sp³-hybridized carbons (Fsp3) is 0.208. The second-order valence-electron chi connectivity index (χ2n) is 6.96. The summed E-state index contributed by atoms with van der Waals surface area (Å²) in [5, 5.41) is 13.1. The van der Waals surface area contributed by atoms with E-state index in [0.717, 1.165) is 46.2 Å². The molecule has 0 spiro atoms. The lowest BCUT2D eigenvalue weighted by molar-refractivity contribution is 0.428. The molecule has 0 bridgehead atoms. The molecular formula is C24H23IN4. The molecule has 0 N–H and O–H groups in total. The van der Waals surface area contributed by atoms with Crippen molar-refractivity contribution < 1.29 is 0 Å². The van der Waals surface area contributed by atoms with Crippen molar-refractivity contribution in [1.82, 2.24) is 20.2 Å². The van der Waals surface area contributed by atoms with Gasteiger partial charge in [0.15, 0.2) is 5.82 Å². The highest BCUT2D eigenvalue weighted by Gasteiger charge is 2.41. The van der Waals surface area contributed by atoms with Crippen molar-refractivity contribution in [1.29, 1.82) is 0 Å². The van der Waals surface area contributed by atoms with Gasteiger partial charge in [0.25, 0.3) is 0 Å². The smallest absolute Gasteiger partial charge is 0.153 e. The van der Waals surface area contributed by atoms with Gasteiger partial charge in [0, 0.05) is 6.42 Å². The van der Waals surface area contributed by atoms with E-state index in [9.17, 15) is 0 Å². The van der Waals surface area contributed by atoms with Crippen molar-refractivity contribution in [2.24, 2.45) is 0 Å². The molecule has 0 aliphatic carbocycles. The van der Waals surface area contributed by atoms with Crippen LogP contribution in [0.25, 0.3) is 0 Å². The third kappa shape index (κ3) is 3.83. The van der Waals surface area contributed by atoms with Crippen LogP contribution >= 0.6 is 22.6 Å². The fourth-order valence-electron chi connectivity index (χ4n) is 3.90. The summed E-state index contributed by atoms with van der Waals surface area (Å²) in [4.78, 5) is 0. The molecule has 1 heterocycles. The quantitative estimate of drug-likeness (QED) is 0.145. The molecule has 4 nitrogen and oxygen atoms in total. The van der Waals surface area contributed by atoms with Crippen molar-refractivity contribution in [2.75, 3.05) is 4.43 Å². The van der Waals surface area contributed by atoms with Crippen LogP contribution in [-0.4, -0.2) is 24.6 Å². The van der Waals surface area contributed by atoms with Crippen LogP contribution in [0.2, 0.25) is 0 Å². The number of alkyl halides is 1. The number of aromatic nitrogens is 4. The van der Waals surface area contributed by atoms with E-state index in [1.165, 1.54) is 0 Å². The molecule has 29 heavy (non-hydrogen) atoms. The van der Waals surface area contributed by atoms with E-state index in [-0.39, 0.29) is 0 Å². The molecular weight excluding hydrogens is 471 g/mol. The Morgan fingerprint density at radius 3 is 1.62 bits per heavy atom. The SMILES string of the molecule is ICCCCc1nnnn1C(c1ccccc1)(c1ccccc1)c1ccccc1. The van der Waals surface area contributed by atoms with Gasteiger partial charge in [-0.05, 0) is 44.4 Å². The highest BCUT2D eigenvalue weighted by Crippen LogP contribution is 2.40. The maximum atomic E-state index is 4.55. The Balaban J connectivity index is 2.01. The fourth-order valence-corrected chi connectivity index (χ4v) is 4.44. The van der Waals surface area contributed by atoms with E-state index in [1.54, 1.807) is 0 Å². The number of aryl methyl sites for hydroxylation is 1. The van der Waals surface area contributed by atoms with Crippen LogP contribution in [0.3, 0.4) is 0 Å². The predicted molar refractivity (Wildman–Crippen MR) is 124 cm³/mol. The first-order valence-electron chi connectivity index (χ1n) is 9.87. The van der Waals surface area contributed by atoms with E-state index >= 15 is 0 Å². The van der Waals surface area contributed by atoms with Gasteiger partial charge < -0.3 is 0 Å². The van der Waals surface area contributed by atoms with Gasteiger partial charge in [-0.2, -0.15) is 0 Å². The minimum Gasteiger partial charge on any atom is -0.210 e. The lowest BCUT2D eigenvalue weighted by atomic mass is 9.77. The molecule has 1 aromatic heterocycles. The van der Waals surface area contributed by atoms with Crippen molar-refractivity contribution in [3.63, 3.8) is 0 Å². The molecule has 0 saturated heterocycles. The lowest BCUT2D eigenvalue weighted by Gasteiger charge is -2.36. The number of halogens is 1. The average Bonchev–Trinajstić information content (AvgIpc) is 3.26. The molecule has 0 amide bonds. The van der Waals surface area contributed by atoms with Gasteiger partial charge in [-0.15, -0.1) is 5.10 Å². The first-order valence-corrected chi connectivity index (χ1v) is 11.4. The Hall–Kier alpha value is -2.54. The Bertz CT molecular complexity index is 920. The zero-order chi connectivity index (χ0) is 19.9. The van der Waals surface area contributed by atoms with Crippen LogP contribution in [-0.2, 0) is 12.0 Å². The van der Waals surface area contributed by atoms with Crippen LogP contribution in [0.4, 0.5) is 0 Å². The highest BCUT2D eigenvalue weighted by molar-refractivity contribution is 14.1. The summed E-state index contributed by atoms with van der Waals surface area (Å²) in [6, 6.07) is 31.6.